The van der Waals surface area contributed by atoms with Crippen molar-refractivity contribution in [1.29, 1.82) is 0 Å². The van der Waals surface area contributed by atoms with Gasteiger partial charge in [-0.2, -0.15) is 5.10 Å². The van der Waals surface area contributed by atoms with E-state index in [9.17, 15) is 14.4 Å². The number of nitrogens with one attached hydrogen (secondary N) is 2. The average molecular weight is 498 g/mol. The Hall–Kier alpha value is -4.63. The van der Waals surface area contributed by atoms with Crippen LogP contribution in [-0.2, 0) is 20.8 Å². The Bertz CT molecular complexity index is 1370. The monoisotopic (exact) mass is 497 g/mol. The number of amides is 2. The van der Waals surface area contributed by atoms with Crippen LogP contribution in [0.3, 0.4) is 0 Å². The van der Waals surface area contributed by atoms with Crippen molar-refractivity contribution in [3.63, 3.8) is 0 Å². The predicted octanol–water partition coefficient (Wildman–Crippen LogP) is 3.30. The van der Waals surface area contributed by atoms with E-state index in [-0.39, 0.29) is 18.1 Å². The number of nitrogens with zero attached hydrogens (tertiary/aromatic N) is 3. The van der Waals surface area contributed by atoms with Crippen molar-refractivity contribution in [2.24, 2.45) is 0 Å². The van der Waals surface area contributed by atoms with E-state index in [4.69, 9.17) is 4.84 Å². The summed E-state index contributed by atoms with van der Waals surface area (Å²) in [5.74, 6) is -2.04. The standard InChI is InChI=1S/C28H27N5O4/c1-19(2)37-32-28(36)25(34)24(18-20-10-5-3-6-11-20)30-27(35)22-14-9-16-29-26(22)33-17-15-23(31-33)21-12-7-4-8-13-21/h3-17,19,24H,18H2,1-2H3,(H,30,35)(H,32,36). The van der Waals surface area contributed by atoms with Crippen molar-refractivity contribution < 1.29 is 19.2 Å². The molecule has 2 aromatic heterocycles. The molecular formula is C28H27N5O4. The summed E-state index contributed by atoms with van der Waals surface area (Å²) >= 11 is 0. The molecule has 0 saturated heterocycles. The first kappa shape index (κ1) is 25.5. The van der Waals surface area contributed by atoms with Gasteiger partial charge in [-0.1, -0.05) is 60.7 Å². The van der Waals surface area contributed by atoms with Crippen LogP contribution in [0.25, 0.3) is 17.1 Å². The summed E-state index contributed by atoms with van der Waals surface area (Å²) in [7, 11) is 0. The molecule has 0 aliphatic heterocycles. The zero-order valence-electron chi connectivity index (χ0n) is 20.5. The summed E-state index contributed by atoms with van der Waals surface area (Å²) < 4.78 is 1.51. The zero-order valence-corrected chi connectivity index (χ0v) is 20.5. The van der Waals surface area contributed by atoms with Gasteiger partial charge in [0.25, 0.3) is 5.91 Å². The summed E-state index contributed by atoms with van der Waals surface area (Å²) in [6.45, 7) is 3.44. The Labute approximate surface area is 214 Å². The predicted molar refractivity (Wildman–Crippen MR) is 138 cm³/mol. The van der Waals surface area contributed by atoms with E-state index >= 15 is 0 Å². The zero-order chi connectivity index (χ0) is 26.2. The van der Waals surface area contributed by atoms with Crippen molar-refractivity contribution in [3.8, 4) is 17.1 Å². The van der Waals surface area contributed by atoms with E-state index in [1.54, 1.807) is 38.4 Å². The second kappa shape index (κ2) is 11.9. The molecule has 37 heavy (non-hydrogen) atoms. The fourth-order valence-corrected chi connectivity index (χ4v) is 3.64. The highest BCUT2D eigenvalue weighted by atomic mass is 16.7. The third-order valence-corrected chi connectivity index (χ3v) is 5.42. The van der Waals surface area contributed by atoms with Gasteiger partial charge in [-0.05, 0) is 37.6 Å². The number of benzene rings is 2. The SMILES string of the molecule is CC(C)ONC(=O)C(=O)C(Cc1ccccc1)NC(=O)c1cccnc1-n1ccc(-c2ccccc2)n1. The number of hydrogen-bond donors (Lipinski definition) is 2. The number of ketones is 1. The number of hydroxylamine groups is 1. The average Bonchev–Trinajstić information content (AvgIpc) is 3.42. The minimum Gasteiger partial charge on any atom is -0.341 e. The molecule has 0 aliphatic rings. The molecule has 0 bridgehead atoms. The Kier molecular flexibility index (Phi) is 8.17. The summed E-state index contributed by atoms with van der Waals surface area (Å²) in [5.41, 5.74) is 4.78. The van der Waals surface area contributed by atoms with Crippen molar-refractivity contribution in [2.75, 3.05) is 0 Å². The molecule has 0 radical (unpaired) electrons. The van der Waals surface area contributed by atoms with Crippen LogP contribution in [-0.4, -0.2) is 44.5 Å². The maximum Gasteiger partial charge on any atom is 0.313 e. The van der Waals surface area contributed by atoms with E-state index < -0.39 is 23.6 Å². The lowest BCUT2D eigenvalue weighted by Gasteiger charge is -2.19. The normalized spacial score (nSPS) is 11.6. The highest BCUT2D eigenvalue weighted by Crippen LogP contribution is 2.19. The van der Waals surface area contributed by atoms with Gasteiger partial charge < -0.3 is 5.32 Å². The van der Waals surface area contributed by atoms with Gasteiger partial charge >= 0.3 is 5.91 Å². The largest absolute Gasteiger partial charge is 0.341 e. The van der Waals surface area contributed by atoms with E-state index in [0.717, 1.165) is 16.8 Å². The highest BCUT2D eigenvalue weighted by molar-refractivity contribution is 6.38. The van der Waals surface area contributed by atoms with Crippen LogP contribution in [0.4, 0.5) is 0 Å². The van der Waals surface area contributed by atoms with Crippen LogP contribution in [0, 0.1) is 0 Å². The fourth-order valence-electron chi connectivity index (χ4n) is 3.64. The Morgan fingerprint density at radius 3 is 2.32 bits per heavy atom. The fraction of sp³-hybridized carbons (Fsp3) is 0.179. The third kappa shape index (κ3) is 6.53. The molecule has 4 rings (SSSR count). The van der Waals surface area contributed by atoms with E-state index in [1.165, 1.54) is 4.68 Å². The number of pyridine rings is 1. The van der Waals surface area contributed by atoms with Gasteiger partial charge in [0, 0.05) is 24.4 Å². The van der Waals surface area contributed by atoms with Crippen LogP contribution >= 0.6 is 0 Å². The smallest absolute Gasteiger partial charge is 0.313 e. The number of rotatable bonds is 10. The minimum atomic E-state index is -1.13. The topological polar surface area (TPSA) is 115 Å². The lowest BCUT2D eigenvalue weighted by molar-refractivity contribution is -0.149. The van der Waals surface area contributed by atoms with Crippen LogP contribution in [0.1, 0.15) is 29.8 Å². The first-order chi connectivity index (χ1) is 17.9. The molecule has 0 fully saturated rings. The molecular weight excluding hydrogens is 470 g/mol. The van der Waals surface area contributed by atoms with Crippen molar-refractivity contribution in [2.45, 2.75) is 32.4 Å². The van der Waals surface area contributed by atoms with Crippen LogP contribution in [0.2, 0.25) is 0 Å². The molecule has 1 atom stereocenters. The first-order valence-electron chi connectivity index (χ1n) is 11.8. The van der Waals surface area contributed by atoms with Gasteiger partial charge in [-0.25, -0.2) is 15.1 Å². The number of Topliss-reactive ketones (excluding diaryl/α,β-unsaturated/α-hetero) is 1. The molecule has 1 unspecified atom stereocenters. The van der Waals surface area contributed by atoms with Crippen molar-refractivity contribution >= 4 is 17.6 Å². The lowest BCUT2D eigenvalue weighted by Crippen LogP contribution is -2.49. The van der Waals surface area contributed by atoms with E-state index in [2.05, 4.69) is 20.9 Å². The second-order valence-corrected chi connectivity index (χ2v) is 8.56. The second-order valence-electron chi connectivity index (χ2n) is 8.56. The molecule has 4 aromatic rings. The molecule has 0 aliphatic carbocycles. The Balaban J connectivity index is 1.59. The molecule has 2 heterocycles. The van der Waals surface area contributed by atoms with Gasteiger partial charge in [0.1, 0.15) is 6.04 Å². The maximum absolute atomic E-state index is 13.4. The van der Waals surface area contributed by atoms with Crippen LogP contribution in [0.5, 0.6) is 0 Å². The molecule has 9 heteroatoms. The summed E-state index contributed by atoms with van der Waals surface area (Å²) in [4.78, 5) is 48.3. The maximum atomic E-state index is 13.4. The summed E-state index contributed by atoms with van der Waals surface area (Å²) in [6.07, 6.45) is 3.08. The van der Waals surface area contributed by atoms with Gasteiger partial charge in [-0.15, -0.1) is 0 Å². The molecule has 0 saturated carbocycles. The van der Waals surface area contributed by atoms with Crippen molar-refractivity contribution in [3.05, 3.63) is 102 Å². The van der Waals surface area contributed by atoms with Crippen LogP contribution in [0.15, 0.2) is 91.3 Å². The minimum absolute atomic E-state index is 0.121. The van der Waals surface area contributed by atoms with Gasteiger partial charge in [0.2, 0.25) is 5.78 Å². The first-order valence-corrected chi connectivity index (χ1v) is 11.8. The third-order valence-electron chi connectivity index (χ3n) is 5.42. The van der Waals surface area contributed by atoms with Gasteiger partial charge in [-0.3, -0.25) is 19.2 Å². The number of hydrogen-bond acceptors (Lipinski definition) is 6. The van der Waals surface area contributed by atoms with Crippen molar-refractivity contribution in [1.82, 2.24) is 25.6 Å². The molecule has 0 spiro atoms. The molecule has 188 valence electrons. The Morgan fingerprint density at radius 2 is 1.62 bits per heavy atom. The molecule has 2 N–H and O–H groups in total. The molecule has 9 nitrogen and oxygen atoms in total. The molecule has 2 aromatic carbocycles. The van der Waals surface area contributed by atoms with E-state index in [0.29, 0.717) is 5.82 Å². The summed E-state index contributed by atoms with van der Waals surface area (Å²) in [5, 5.41) is 7.28. The van der Waals surface area contributed by atoms with Gasteiger partial charge in [0.15, 0.2) is 5.82 Å². The number of aromatic nitrogens is 3. The summed E-state index contributed by atoms with van der Waals surface area (Å²) in [6, 6.07) is 22.7. The Morgan fingerprint density at radius 1 is 0.919 bits per heavy atom. The number of carbonyl (C=O) groups is 3. The molecule has 2 amide bonds. The number of carbonyl (C=O) groups excluding carboxylic acids is 3. The van der Waals surface area contributed by atoms with Crippen LogP contribution < -0.4 is 10.8 Å². The highest BCUT2D eigenvalue weighted by Gasteiger charge is 2.29. The van der Waals surface area contributed by atoms with Gasteiger partial charge in [0.05, 0.1) is 17.4 Å². The van der Waals surface area contributed by atoms with E-state index in [1.807, 2.05) is 66.7 Å². The lowest BCUT2D eigenvalue weighted by atomic mass is 10.0. The quantitative estimate of drug-likeness (QED) is 0.257.